The van der Waals surface area contributed by atoms with Crippen molar-refractivity contribution in [1.82, 2.24) is 7.42 Å². The lowest BCUT2D eigenvalue weighted by atomic mass is 10.1. The molecule has 0 saturated heterocycles. The third-order valence-corrected chi connectivity index (χ3v) is 16.6. The molecule has 0 aliphatic heterocycles. The predicted octanol–water partition coefficient (Wildman–Crippen LogP) is 5.94. The van der Waals surface area contributed by atoms with E-state index in [0.29, 0.717) is 10.1 Å². The number of benzene rings is 4. The molecule has 0 radical (unpaired) electrons. The first kappa shape index (κ1) is 37.4. The van der Waals surface area contributed by atoms with Gasteiger partial charge in [0, 0.05) is 6.54 Å². The third-order valence-electron chi connectivity index (χ3n) is 7.83. The number of nitrogens with zero attached hydrogens (tertiary/aromatic N) is 2. The smallest absolute Gasteiger partial charge is 0.206 e. The van der Waals surface area contributed by atoms with Gasteiger partial charge in [0.2, 0.25) is 0 Å². The van der Waals surface area contributed by atoms with Crippen molar-refractivity contribution in [3.8, 4) is 0 Å². The van der Waals surface area contributed by atoms with Crippen molar-refractivity contribution in [3.63, 3.8) is 0 Å². The Morgan fingerprint density at radius 2 is 0.729 bits per heavy atom. The summed E-state index contributed by atoms with van der Waals surface area (Å²) in [7, 11) is -19.6. The number of unbranched alkanes of at least 4 members (excludes halogenated alkanes) is 1. The van der Waals surface area contributed by atoms with Crippen molar-refractivity contribution in [1.29, 1.82) is 0 Å². The summed E-state index contributed by atoms with van der Waals surface area (Å²) in [6.45, 7) is 7.75. The zero-order chi connectivity index (χ0) is 35.5. The average molecular weight is 733 g/mol. The number of hydrogen-bond acceptors (Lipinski definition) is 8. The van der Waals surface area contributed by atoms with Gasteiger partial charge in [-0.2, -0.15) is 0 Å². The fraction of sp³-hybridized carbons (Fsp3) is 0.294. The standard InChI is InChI=1S/C34H40N2O8S4/c1-6-7-8-30(36(47(41,42)33-21-13-28(4)14-22-33)48(43,44)34-23-15-29(5)16-24-34)25-35(45(37,38)31-17-9-26(2)10-18-31)46(39,40)32-19-11-27(3)12-20-32/h9-24,30H,6-8,25H2,1-5H3. The molecule has 1 unspecified atom stereocenters. The van der Waals surface area contributed by atoms with Gasteiger partial charge in [0.25, 0.3) is 40.1 Å². The molecule has 0 aliphatic carbocycles. The highest BCUT2D eigenvalue weighted by Crippen LogP contribution is 2.33. The Bertz CT molecular complexity index is 2020. The second-order valence-corrected chi connectivity index (χ2v) is 19.6. The fourth-order valence-electron chi connectivity index (χ4n) is 5.01. The van der Waals surface area contributed by atoms with Gasteiger partial charge in [0.1, 0.15) is 0 Å². The largest absolute Gasteiger partial charge is 0.256 e. The molecule has 0 bridgehead atoms. The highest BCUT2D eigenvalue weighted by molar-refractivity contribution is 8.04. The number of rotatable bonds is 14. The van der Waals surface area contributed by atoms with E-state index in [1.54, 1.807) is 34.6 Å². The highest BCUT2D eigenvalue weighted by atomic mass is 32.3. The van der Waals surface area contributed by atoms with Crippen LogP contribution >= 0.6 is 0 Å². The van der Waals surface area contributed by atoms with E-state index in [4.69, 9.17) is 0 Å². The van der Waals surface area contributed by atoms with E-state index in [2.05, 4.69) is 0 Å². The highest BCUT2D eigenvalue weighted by Gasteiger charge is 2.46. The quantitative estimate of drug-likeness (QED) is 0.155. The lowest BCUT2D eigenvalue weighted by Gasteiger charge is -2.33. The first-order valence-electron chi connectivity index (χ1n) is 15.3. The maximum absolute atomic E-state index is 14.5. The molecule has 0 aliphatic rings. The Morgan fingerprint density at radius 1 is 0.458 bits per heavy atom. The molecule has 4 aromatic carbocycles. The molecule has 0 spiro atoms. The van der Waals surface area contributed by atoms with Crippen molar-refractivity contribution >= 4 is 40.1 Å². The summed E-state index contributed by atoms with van der Waals surface area (Å²) < 4.78 is 116. The fourth-order valence-corrected chi connectivity index (χ4v) is 12.8. The van der Waals surface area contributed by atoms with Crippen molar-refractivity contribution in [2.24, 2.45) is 0 Å². The van der Waals surface area contributed by atoms with Crippen LogP contribution in [0.4, 0.5) is 0 Å². The summed E-state index contributed by atoms with van der Waals surface area (Å²) >= 11 is 0. The van der Waals surface area contributed by atoms with E-state index in [0.717, 1.165) is 22.3 Å². The second-order valence-electron chi connectivity index (χ2n) is 11.7. The van der Waals surface area contributed by atoms with Gasteiger partial charge in [-0.25, -0.2) is 33.7 Å². The van der Waals surface area contributed by atoms with Gasteiger partial charge in [0.15, 0.2) is 0 Å². The summed E-state index contributed by atoms with van der Waals surface area (Å²) in [5.41, 5.74) is 2.90. The summed E-state index contributed by atoms with van der Waals surface area (Å²) in [6.07, 6.45) is 0.571. The molecular formula is C34H40N2O8S4. The first-order chi connectivity index (χ1) is 22.4. The summed E-state index contributed by atoms with van der Waals surface area (Å²) in [5, 5.41) is 0. The number of hydrogen-bond donors (Lipinski definition) is 0. The SMILES string of the molecule is CCCCC(CN(S(=O)(=O)c1ccc(C)cc1)S(=O)(=O)c1ccc(C)cc1)N(S(=O)(=O)c1ccc(C)cc1)S(=O)(=O)c1ccc(C)cc1. The zero-order valence-corrected chi connectivity index (χ0v) is 30.7. The van der Waals surface area contributed by atoms with Gasteiger partial charge in [0.05, 0.1) is 25.6 Å². The van der Waals surface area contributed by atoms with Crippen molar-refractivity contribution in [3.05, 3.63) is 119 Å². The van der Waals surface area contributed by atoms with Crippen LogP contribution in [0.2, 0.25) is 0 Å². The van der Waals surface area contributed by atoms with Gasteiger partial charge >= 0.3 is 0 Å². The summed E-state index contributed by atoms with van der Waals surface area (Å²) in [5.74, 6) is 0. The van der Waals surface area contributed by atoms with E-state index in [9.17, 15) is 33.7 Å². The van der Waals surface area contributed by atoms with Gasteiger partial charge in [-0.3, -0.25) is 0 Å². The monoisotopic (exact) mass is 732 g/mol. The van der Waals surface area contributed by atoms with E-state index >= 15 is 0 Å². The van der Waals surface area contributed by atoms with Crippen LogP contribution in [0.25, 0.3) is 0 Å². The van der Waals surface area contributed by atoms with E-state index in [1.807, 2.05) is 0 Å². The summed E-state index contributed by atoms with van der Waals surface area (Å²) in [4.78, 5) is -1.40. The van der Waals surface area contributed by atoms with Crippen LogP contribution in [0, 0.1) is 27.7 Å². The molecule has 0 saturated carbocycles. The normalized spacial score (nSPS) is 13.6. The molecule has 10 nitrogen and oxygen atoms in total. The van der Waals surface area contributed by atoms with E-state index in [1.165, 1.54) is 97.1 Å². The topological polar surface area (TPSA) is 143 Å². The zero-order valence-electron chi connectivity index (χ0n) is 27.4. The van der Waals surface area contributed by atoms with Crippen LogP contribution in [0.1, 0.15) is 48.4 Å². The van der Waals surface area contributed by atoms with Crippen LogP contribution < -0.4 is 0 Å². The minimum Gasteiger partial charge on any atom is -0.206 e. The Morgan fingerprint density at radius 3 is 1.00 bits per heavy atom. The van der Waals surface area contributed by atoms with Crippen molar-refractivity contribution in [2.45, 2.75) is 79.5 Å². The minimum absolute atomic E-state index is 0.171. The van der Waals surface area contributed by atoms with Crippen LogP contribution in [-0.4, -0.2) is 53.7 Å². The first-order valence-corrected chi connectivity index (χ1v) is 21.0. The van der Waals surface area contributed by atoms with Gasteiger partial charge in [-0.15, -0.1) is 0 Å². The lowest BCUT2D eigenvalue weighted by Crippen LogP contribution is -2.52. The Labute approximate surface area is 285 Å². The van der Waals surface area contributed by atoms with Crippen molar-refractivity contribution in [2.75, 3.05) is 6.54 Å². The van der Waals surface area contributed by atoms with Crippen LogP contribution in [0.5, 0.6) is 0 Å². The third kappa shape index (κ3) is 7.90. The van der Waals surface area contributed by atoms with Gasteiger partial charge < -0.3 is 0 Å². The molecular weight excluding hydrogens is 693 g/mol. The van der Waals surface area contributed by atoms with Crippen molar-refractivity contribution < 1.29 is 33.7 Å². The molecule has 0 N–H and O–H groups in total. The van der Waals surface area contributed by atoms with Crippen LogP contribution in [0.3, 0.4) is 0 Å². The number of sulfonamides is 4. The molecule has 258 valence electrons. The molecule has 0 amide bonds. The molecule has 4 rings (SSSR count). The summed E-state index contributed by atoms with van der Waals surface area (Å²) in [6, 6.07) is 20.5. The molecule has 0 fully saturated rings. The molecule has 14 heteroatoms. The van der Waals surface area contributed by atoms with Crippen LogP contribution in [-0.2, 0) is 40.1 Å². The molecule has 1 atom stereocenters. The predicted molar refractivity (Wildman–Crippen MR) is 185 cm³/mol. The Balaban J connectivity index is 2.01. The average Bonchev–Trinajstić information content (AvgIpc) is 3.02. The molecule has 0 heterocycles. The molecule has 0 aromatic heterocycles. The molecule has 4 aromatic rings. The van der Waals surface area contributed by atoms with Gasteiger partial charge in [-0.1, -0.05) is 98.0 Å². The second kappa shape index (κ2) is 14.6. The Hall–Kier alpha value is -3.40. The van der Waals surface area contributed by atoms with Crippen LogP contribution in [0.15, 0.2) is 117 Å². The van der Waals surface area contributed by atoms with E-state index < -0.39 is 52.7 Å². The number of aryl methyl sites for hydroxylation is 4. The molecule has 48 heavy (non-hydrogen) atoms. The Kier molecular flexibility index (Phi) is 11.4. The van der Waals surface area contributed by atoms with E-state index in [-0.39, 0.29) is 36.1 Å². The maximum Gasteiger partial charge on any atom is 0.256 e. The maximum atomic E-state index is 14.5. The minimum atomic E-state index is -4.91. The lowest BCUT2D eigenvalue weighted by molar-refractivity contribution is 0.354. The van der Waals surface area contributed by atoms with Gasteiger partial charge in [-0.05, 0) is 82.6 Å².